The van der Waals surface area contributed by atoms with Gasteiger partial charge in [0.15, 0.2) is 0 Å². The van der Waals surface area contributed by atoms with E-state index in [1.54, 1.807) is 25.7 Å². The molecule has 0 N–H and O–H groups in total. The van der Waals surface area contributed by atoms with Gasteiger partial charge in [0, 0.05) is 18.8 Å². The van der Waals surface area contributed by atoms with Crippen molar-refractivity contribution in [2.24, 2.45) is 5.92 Å². The first-order valence-electron chi connectivity index (χ1n) is 8.61. The number of piperidine rings is 1. The van der Waals surface area contributed by atoms with E-state index in [1.807, 2.05) is 0 Å². The summed E-state index contributed by atoms with van der Waals surface area (Å²) in [6, 6.07) is 1.48. The van der Waals surface area contributed by atoms with Crippen LogP contribution in [-0.2, 0) is 10.9 Å². The third-order valence-corrected chi connectivity index (χ3v) is 4.09. The Kier molecular flexibility index (Phi) is 6.03. The average Bonchev–Trinajstić information content (AvgIpc) is 2.50. The number of amides is 1. The van der Waals surface area contributed by atoms with Gasteiger partial charge in [-0.25, -0.2) is 9.78 Å². The predicted octanol–water partition coefficient (Wildman–Crippen LogP) is 4.51. The van der Waals surface area contributed by atoms with Gasteiger partial charge in [-0.1, -0.05) is 6.92 Å². The summed E-state index contributed by atoms with van der Waals surface area (Å²) < 4.78 is 49.3. The molecule has 1 aliphatic heterocycles. The highest BCUT2D eigenvalue weighted by atomic mass is 19.4. The first-order valence-corrected chi connectivity index (χ1v) is 8.61. The Morgan fingerprint density at radius 1 is 1.35 bits per heavy atom. The Morgan fingerprint density at radius 2 is 2.04 bits per heavy atom. The number of ether oxygens (including phenoxy) is 2. The Labute approximate surface area is 151 Å². The second-order valence-corrected chi connectivity index (χ2v) is 7.65. The molecule has 0 aliphatic carbocycles. The molecule has 0 aromatic carbocycles. The summed E-state index contributed by atoms with van der Waals surface area (Å²) in [5.41, 5.74) is -1.43. The minimum Gasteiger partial charge on any atom is -0.475 e. The lowest BCUT2D eigenvalue weighted by atomic mass is 9.93. The van der Waals surface area contributed by atoms with Gasteiger partial charge in [0.25, 0.3) is 0 Å². The zero-order chi connectivity index (χ0) is 19.5. The summed E-state index contributed by atoms with van der Waals surface area (Å²) in [5.74, 6) is 0.277. The van der Waals surface area contributed by atoms with Crippen LogP contribution >= 0.6 is 0 Å². The fourth-order valence-corrected chi connectivity index (χ4v) is 2.82. The molecule has 0 saturated carbocycles. The molecule has 1 aliphatic rings. The Morgan fingerprint density at radius 3 is 2.65 bits per heavy atom. The van der Waals surface area contributed by atoms with Crippen LogP contribution < -0.4 is 4.74 Å². The maximum Gasteiger partial charge on any atom is 0.416 e. The SMILES string of the molecule is C[C@@H]1CCN(C(=O)OC(C)(C)C)[C@H](COc2cc(C(F)(F)F)ccn2)C1. The number of hydrogen-bond acceptors (Lipinski definition) is 4. The molecule has 1 aromatic heterocycles. The maximum atomic E-state index is 12.8. The second-order valence-electron chi connectivity index (χ2n) is 7.65. The standard InChI is InChI=1S/C18H25F3N2O3/c1-12-6-8-23(16(24)26-17(2,3)4)14(9-12)11-25-15-10-13(5-7-22-15)18(19,20)21/h5,7,10,12,14H,6,8-9,11H2,1-4H3/t12-,14+/m1/s1. The van der Waals surface area contributed by atoms with E-state index in [0.717, 1.165) is 24.8 Å². The number of pyridine rings is 1. The van der Waals surface area contributed by atoms with Crippen LogP contribution in [0.2, 0.25) is 0 Å². The van der Waals surface area contributed by atoms with Crippen LogP contribution in [0, 0.1) is 5.92 Å². The van der Waals surface area contributed by atoms with E-state index < -0.39 is 23.4 Å². The minimum absolute atomic E-state index is 0.0674. The van der Waals surface area contributed by atoms with Crippen LogP contribution in [0.3, 0.4) is 0 Å². The fraction of sp³-hybridized carbons (Fsp3) is 0.667. The zero-order valence-corrected chi connectivity index (χ0v) is 15.5. The van der Waals surface area contributed by atoms with Crippen molar-refractivity contribution in [3.8, 4) is 5.88 Å². The Hall–Kier alpha value is -1.99. The van der Waals surface area contributed by atoms with E-state index in [1.165, 1.54) is 0 Å². The van der Waals surface area contributed by atoms with Crippen LogP contribution in [0.5, 0.6) is 5.88 Å². The van der Waals surface area contributed by atoms with Crippen molar-refractivity contribution in [2.75, 3.05) is 13.2 Å². The number of rotatable bonds is 3. The average molecular weight is 374 g/mol. The summed E-state index contributed by atoms with van der Waals surface area (Å²) in [4.78, 5) is 17.8. The molecule has 0 unspecified atom stereocenters. The van der Waals surface area contributed by atoms with Gasteiger partial charge in [-0.3, -0.25) is 0 Å². The molecule has 1 fully saturated rings. The van der Waals surface area contributed by atoms with Crippen LogP contribution in [0.1, 0.15) is 46.1 Å². The molecule has 2 rings (SSSR count). The summed E-state index contributed by atoms with van der Waals surface area (Å²) in [7, 11) is 0. The largest absolute Gasteiger partial charge is 0.475 e. The van der Waals surface area contributed by atoms with Crippen LogP contribution in [0.15, 0.2) is 18.3 Å². The highest BCUT2D eigenvalue weighted by Crippen LogP contribution is 2.31. The molecule has 0 bridgehead atoms. The molecule has 2 heterocycles. The molecule has 2 atom stereocenters. The van der Waals surface area contributed by atoms with E-state index in [2.05, 4.69) is 11.9 Å². The third kappa shape index (κ3) is 5.78. The number of carbonyl (C=O) groups is 1. The van der Waals surface area contributed by atoms with Crippen LogP contribution in [0.25, 0.3) is 0 Å². The van der Waals surface area contributed by atoms with Crippen molar-refractivity contribution < 1.29 is 27.4 Å². The smallest absolute Gasteiger partial charge is 0.416 e. The lowest BCUT2D eigenvalue weighted by Crippen LogP contribution is -2.50. The summed E-state index contributed by atoms with van der Waals surface area (Å²) in [6.45, 7) is 8.03. The van der Waals surface area contributed by atoms with Gasteiger partial charge < -0.3 is 14.4 Å². The number of alkyl halides is 3. The van der Waals surface area contributed by atoms with Gasteiger partial charge in [0.05, 0.1) is 11.6 Å². The van der Waals surface area contributed by atoms with E-state index in [4.69, 9.17) is 9.47 Å². The molecule has 1 aromatic rings. The van der Waals surface area contributed by atoms with Crippen molar-refractivity contribution in [3.63, 3.8) is 0 Å². The molecule has 0 spiro atoms. The highest BCUT2D eigenvalue weighted by molar-refractivity contribution is 5.68. The summed E-state index contributed by atoms with van der Waals surface area (Å²) in [5, 5.41) is 0. The predicted molar refractivity (Wildman–Crippen MR) is 89.9 cm³/mol. The molecule has 146 valence electrons. The number of halogens is 3. The molecule has 8 heteroatoms. The number of nitrogens with zero attached hydrogens (tertiary/aromatic N) is 2. The van der Waals surface area contributed by atoms with E-state index >= 15 is 0 Å². The molecular weight excluding hydrogens is 349 g/mol. The number of hydrogen-bond donors (Lipinski definition) is 0. The van der Waals surface area contributed by atoms with Gasteiger partial charge >= 0.3 is 12.3 Å². The molecule has 1 amide bonds. The van der Waals surface area contributed by atoms with Crippen LogP contribution in [-0.4, -0.2) is 40.8 Å². The van der Waals surface area contributed by atoms with Crippen molar-refractivity contribution in [3.05, 3.63) is 23.9 Å². The summed E-state index contributed by atoms with van der Waals surface area (Å²) in [6.07, 6.45) is -2.29. The first-order chi connectivity index (χ1) is 12.0. The van der Waals surface area contributed by atoms with E-state index in [9.17, 15) is 18.0 Å². The van der Waals surface area contributed by atoms with E-state index in [0.29, 0.717) is 18.9 Å². The molecule has 0 radical (unpaired) electrons. The third-order valence-electron chi connectivity index (χ3n) is 4.09. The monoisotopic (exact) mass is 374 g/mol. The van der Waals surface area contributed by atoms with Gasteiger partial charge in [-0.05, 0) is 45.6 Å². The highest BCUT2D eigenvalue weighted by Gasteiger charge is 2.34. The topological polar surface area (TPSA) is 51.7 Å². The number of aromatic nitrogens is 1. The van der Waals surface area contributed by atoms with Gasteiger partial charge in [-0.2, -0.15) is 13.2 Å². The summed E-state index contributed by atoms with van der Waals surface area (Å²) >= 11 is 0. The van der Waals surface area contributed by atoms with Gasteiger partial charge in [0.2, 0.25) is 5.88 Å². The minimum atomic E-state index is -4.46. The molecule has 5 nitrogen and oxygen atoms in total. The van der Waals surface area contributed by atoms with Crippen molar-refractivity contribution in [2.45, 2.75) is 58.4 Å². The lowest BCUT2D eigenvalue weighted by molar-refractivity contribution is -0.137. The molecule has 1 saturated heterocycles. The lowest BCUT2D eigenvalue weighted by Gasteiger charge is -2.38. The Balaban J connectivity index is 2.06. The van der Waals surface area contributed by atoms with Gasteiger partial charge in [-0.15, -0.1) is 0 Å². The molecule has 26 heavy (non-hydrogen) atoms. The number of carbonyl (C=O) groups excluding carboxylic acids is 1. The first kappa shape index (κ1) is 20.3. The number of likely N-dealkylation sites (tertiary alicyclic amines) is 1. The van der Waals surface area contributed by atoms with Crippen molar-refractivity contribution in [1.29, 1.82) is 0 Å². The van der Waals surface area contributed by atoms with E-state index in [-0.39, 0.29) is 18.5 Å². The maximum absolute atomic E-state index is 12.8. The van der Waals surface area contributed by atoms with Gasteiger partial charge in [0.1, 0.15) is 12.2 Å². The fourth-order valence-electron chi connectivity index (χ4n) is 2.82. The zero-order valence-electron chi connectivity index (χ0n) is 15.5. The Bertz CT molecular complexity index is 629. The van der Waals surface area contributed by atoms with Crippen molar-refractivity contribution in [1.82, 2.24) is 9.88 Å². The quantitative estimate of drug-likeness (QED) is 0.781. The normalized spacial score (nSPS) is 21.4. The van der Waals surface area contributed by atoms with Crippen molar-refractivity contribution >= 4 is 6.09 Å². The molecular formula is C18H25F3N2O3. The second kappa shape index (κ2) is 7.72. The van der Waals surface area contributed by atoms with Crippen LogP contribution in [0.4, 0.5) is 18.0 Å².